The van der Waals surface area contributed by atoms with E-state index < -0.39 is 0 Å². The van der Waals surface area contributed by atoms with Crippen LogP contribution in [0.3, 0.4) is 0 Å². The van der Waals surface area contributed by atoms with E-state index in [1.165, 1.54) is 25.7 Å². The molecule has 0 amide bonds. The first-order chi connectivity index (χ1) is 10.0. The minimum atomic E-state index is -0.100. The minimum absolute atomic E-state index is 0.0367. The summed E-state index contributed by atoms with van der Waals surface area (Å²) in [6, 6.07) is 6.03. The molecule has 0 bridgehead atoms. The zero-order chi connectivity index (χ0) is 15.4. The standard InChI is InChI=1S/C18H29FN2/c1-5-20-14(3)18-16(19)10-7-11-17(18)21(4)15-9-6-8-13(2)12-15/h7,10-11,13-15,20H,5-6,8-9,12H2,1-4H3. The van der Waals surface area contributed by atoms with Gasteiger partial charge in [0.05, 0.1) is 0 Å². The van der Waals surface area contributed by atoms with Crippen molar-refractivity contribution in [1.82, 2.24) is 5.32 Å². The number of nitrogens with zero attached hydrogens (tertiary/aromatic N) is 1. The molecule has 2 nitrogen and oxygen atoms in total. The molecule has 1 aliphatic rings. The van der Waals surface area contributed by atoms with Crippen molar-refractivity contribution < 1.29 is 4.39 Å². The van der Waals surface area contributed by atoms with Crippen LogP contribution in [0.15, 0.2) is 18.2 Å². The first-order valence-corrected chi connectivity index (χ1v) is 8.29. The number of halogens is 1. The minimum Gasteiger partial charge on any atom is -0.371 e. The quantitative estimate of drug-likeness (QED) is 0.859. The molecule has 0 heterocycles. The van der Waals surface area contributed by atoms with Crippen LogP contribution in [0.2, 0.25) is 0 Å². The van der Waals surface area contributed by atoms with Crippen molar-refractivity contribution in [3.8, 4) is 0 Å². The van der Waals surface area contributed by atoms with Crippen LogP contribution in [0.25, 0.3) is 0 Å². The topological polar surface area (TPSA) is 15.3 Å². The van der Waals surface area contributed by atoms with E-state index in [1.807, 2.05) is 13.0 Å². The fraction of sp³-hybridized carbons (Fsp3) is 0.667. The van der Waals surface area contributed by atoms with E-state index in [0.29, 0.717) is 6.04 Å². The lowest BCUT2D eigenvalue weighted by Gasteiger charge is -2.37. The lowest BCUT2D eigenvalue weighted by molar-refractivity contribution is 0.336. The van der Waals surface area contributed by atoms with Gasteiger partial charge in [0.2, 0.25) is 0 Å². The molecule has 0 saturated heterocycles. The Balaban J connectivity index is 2.27. The van der Waals surface area contributed by atoms with E-state index in [4.69, 9.17) is 0 Å². The van der Waals surface area contributed by atoms with Gasteiger partial charge in [0, 0.05) is 30.4 Å². The highest BCUT2D eigenvalue weighted by molar-refractivity contribution is 5.55. The second-order valence-electron chi connectivity index (χ2n) is 6.49. The molecular weight excluding hydrogens is 263 g/mol. The van der Waals surface area contributed by atoms with E-state index in [1.54, 1.807) is 6.07 Å². The average molecular weight is 292 g/mol. The maximum absolute atomic E-state index is 14.4. The molecule has 0 radical (unpaired) electrons. The average Bonchev–Trinajstić information content (AvgIpc) is 2.46. The number of hydrogen-bond acceptors (Lipinski definition) is 2. The molecule has 1 saturated carbocycles. The Bertz CT molecular complexity index is 461. The Morgan fingerprint density at radius 1 is 1.38 bits per heavy atom. The Labute approximate surface area is 128 Å². The Hall–Kier alpha value is -1.09. The molecule has 0 aliphatic heterocycles. The van der Waals surface area contributed by atoms with Crippen molar-refractivity contribution in [1.29, 1.82) is 0 Å². The largest absolute Gasteiger partial charge is 0.371 e. The van der Waals surface area contributed by atoms with Crippen LogP contribution in [0.5, 0.6) is 0 Å². The van der Waals surface area contributed by atoms with Crippen molar-refractivity contribution in [2.75, 3.05) is 18.5 Å². The summed E-state index contributed by atoms with van der Waals surface area (Å²) in [6.45, 7) is 7.28. The van der Waals surface area contributed by atoms with E-state index in [9.17, 15) is 4.39 Å². The molecule has 1 fully saturated rings. The van der Waals surface area contributed by atoms with Crippen molar-refractivity contribution in [2.24, 2.45) is 5.92 Å². The molecule has 1 aliphatic carbocycles. The molecule has 21 heavy (non-hydrogen) atoms. The molecule has 3 atom stereocenters. The maximum Gasteiger partial charge on any atom is 0.130 e. The van der Waals surface area contributed by atoms with Crippen LogP contribution in [-0.4, -0.2) is 19.6 Å². The molecule has 0 aromatic heterocycles. The lowest BCUT2D eigenvalue weighted by atomic mass is 9.86. The summed E-state index contributed by atoms with van der Waals surface area (Å²) >= 11 is 0. The molecular formula is C18H29FN2. The summed E-state index contributed by atoms with van der Waals surface area (Å²) in [5.74, 6) is 0.672. The summed E-state index contributed by atoms with van der Waals surface area (Å²) in [6.07, 6.45) is 5.03. The molecule has 1 aromatic carbocycles. The number of hydrogen-bond donors (Lipinski definition) is 1. The van der Waals surface area contributed by atoms with Crippen LogP contribution in [0.1, 0.15) is 58.1 Å². The summed E-state index contributed by atoms with van der Waals surface area (Å²) in [7, 11) is 2.12. The maximum atomic E-state index is 14.4. The van der Waals surface area contributed by atoms with Gasteiger partial charge in [-0.25, -0.2) is 4.39 Å². The van der Waals surface area contributed by atoms with Gasteiger partial charge in [-0.3, -0.25) is 0 Å². The summed E-state index contributed by atoms with van der Waals surface area (Å²) < 4.78 is 14.4. The van der Waals surface area contributed by atoms with Gasteiger partial charge in [0.15, 0.2) is 0 Å². The van der Waals surface area contributed by atoms with Crippen LogP contribution in [0, 0.1) is 11.7 Å². The third-order valence-electron chi connectivity index (χ3n) is 4.81. The summed E-state index contributed by atoms with van der Waals surface area (Å²) in [5.41, 5.74) is 1.85. The number of benzene rings is 1. The second-order valence-corrected chi connectivity index (χ2v) is 6.49. The van der Waals surface area contributed by atoms with Gasteiger partial charge in [-0.1, -0.05) is 32.8 Å². The van der Waals surface area contributed by atoms with Gasteiger partial charge in [0.1, 0.15) is 5.82 Å². The predicted molar refractivity (Wildman–Crippen MR) is 88.3 cm³/mol. The van der Waals surface area contributed by atoms with Crippen LogP contribution in [-0.2, 0) is 0 Å². The monoisotopic (exact) mass is 292 g/mol. The van der Waals surface area contributed by atoms with Crippen molar-refractivity contribution in [3.05, 3.63) is 29.6 Å². The van der Waals surface area contributed by atoms with Crippen molar-refractivity contribution in [3.63, 3.8) is 0 Å². The molecule has 1 aromatic rings. The van der Waals surface area contributed by atoms with Gasteiger partial charge in [0.25, 0.3) is 0 Å². The molecule has 3 heteroatoms. The molecule has 1 N–H and O–H groups in total. The third kappa shape index (κ3) is 3.76. The third-order valence-corrected chi connectivity index (χ3v) is 4.81. The highest BCUT2D eigenvalue weighted by atomic mass is 19.1. The van der Waals surface area contributed by atoms with Crippen LogP contribution >= 0.6 is 0 Å². The zero-order valence-corrected chi connectivity index (χ0v) is 13.8. The van der Waals surface area contributed by atoms with Crippen molar-refractivity contribution in [2.45, 2.75) is 58.5 Å². The molecule has 3 unspecified atom stereocenters. The first-order valence-electron chi connectivity index (χ1n) is 8.29. The Kier molecular flexibility index (Phi) is 5.63. The predicted octanol–water partition coefficient (Wildman–Crippen LogP) is 4.51. The van der Waals surface area contributed by atoms with Crippen LogP contribution < -0.4 is 10.2 Å². The SMILES string of the molecule is CCNC(C)c1c(F)cccc1N(C)C1CCCC(C)C1. The molecule has 2 rings (SSSR count). The smallest absolute Gasteiger partial charge is 0.130 e. The fourth-order valence-corrected chi connectivity index (χ4v) is 3.62. The van der Waals surface area contributed by atoms with E-state index in [0.717, 1.165) is 23.7 Å². The van der Waals surface area contributed by atoms with Gasteiger partial charge in [-0.05, 0) is 44.4 Å². The van der Waals surface area contributed by atoms with E-state index in [-0.39, 0.29) is 11.9 Å². The lowest BCUT2D eigenvalue weighted by Crippen LogP contribution is -2.37. The van der Waals surface area contributed by atoms with Crippen LogP contribution in [0.4, 0.5) is 10.1 Å². The molecule has 118 valence electrons. The van der Waals surface area contributed by atoms with E-state index in [2.05, 4.69) is 37.2 Å². The van der Waals surface area contributed by atoms with E-state index >= 15 is 0 Å². The highest BCUT2D eigenvalue weighted by Gasteiger charge is 2.25. The summed E-state index contributed by atoms with van der Waals surface area (Å²) in [4.78, 5) is 2.31. The fourth-order valence-electron chi connectivity index (χ4n) is 3.62. The Morgan fingerprint density at radius 2 is 2.14 bits per heavy atom. The number of nitrogens with one attached hydrogen (secondary N) is 1. The first kappa shape index (κ1) is 16.3. The van der Waals surface area contributed by atoms with Crippen molar-refractivity contribution >= 4 is 5.69 Å². The van der Waals surface area contributed by atoms with Gasteiger partial charge in [-0.2, -0.15) is 0 Å². The number of anilines is 1. The molecule has 0 spiro atoms. The highest BCUT2D eigenvalue weighted by Crippen LogP contribution is 2.34. The van der Waals surface area contributed by atoms with Gasteiger partial charge in [-0.15, -0.1) is 0 Å². The Morgan fingerprint density at radius 3 is 2.81 bits per heavy atom. The number of rotatable bonds is 5. The normalized spacial score (nSPS) is 23.9. The van der Waals surface area contributed by atoms with Gasteiger partial charge >= 0.3 is 0 Å². The second kappa shape index (κ2) is 7.26. The van der Waals surface area contributed by atoms with Gasteiger partial charge < -0.3 is 10.2 Å². The zero-order valence-electron chi connectivity index (χ0n) is 13.8. The summed E-state index contributed by atoms with van der Waals surface area (Å²) in [5, 5.41) is 3.34.